The second-order valence-electron chi connectivity index (χ2n) is 7.04. The Hall–Kier alpha value is -2.37. The van der Waals surface area contributed by atoms with Gasteiger partial charge < -0.3 is 4.74 Å². The van der Waals surface area contributed by atoms with E-state index in [4.69, 9.17) is 4.74 Å². The summed E-state index contributed by atoms with van der Waals surface area (Å²) in [6, 6.07) is 7.68. The van der Waals surface area contributed by atoms with Crippen molar-refractivity contribution in [1.82, 2.24) is 15.4 Å². The number of hydrazine groups is 1. The van der Waals surface area contributed by atoms with Crippen LogP contribution in [0.1, 0.15) is 53.4 Å². The van der Waals surface area contributed by atoms with Crippen LogP contribution in [0.3, 0.4) is 0 Å². The minimum absolute atomic E-state index is 0.488. The highest BCUT2D eigenvalue weighted by Gasteiger charge is 2.19. The number of unbranched alkanes of at least 4 members (excludes halogenated alkanes) is 3. The molecule has 1 amide bonds. The van der Waals surface area contributed by atoms with Crippen molar-refractivity contribution in [2.75, 3.05) is 11.6 Å². The molecule has 1 aromatic carbocycles. The van der Waals surface area contributed by atoms with E-state index in [0.717, 1.165) is 30.3 Å². The zero-order valence-electron chi connectivity index (χ0n) is 15.6. The zero-order chi connectivity index (χ0) is 18.3. The van der Waals surface area contributed by atoms with Crippen LogP contribution < -0.4 is 10.4 Å². The van der Waals surface area contributed by atoms with Crippen molar-refractivity contribution in [2.24, 2.45) is 0 Å². The fourth-order valence-electron chi connectivity index (χ4n) is 2.41. The Labute approximate surface area is 149 Å². The van der Waals surface area contributed by atoms with Gasteiger partial charge in [-0.05, 0) is 39.3 Å². The molecule has 25 heavy (non-hydrogen) atoms. The third kappa shape index (κ3) is 6.21. The molecule has 0 saturated carbocycles. The van der Waals surface area contributed by atoms with Crippen molar-refractivity contribution in [3.05, 3.63) is 30.5 Å². The number of rotatable bonds is 7. The molecule has 0 fully saturated rings. The van der Waals surface area contributed by atoms with Crippen molar-refractivity contribution < 1.29 is 9.53 Å². The number of anilines is 1. The first kappa shape index (κ1) is 19.0. The van der Waals surface area contributed by atoms with E-state index in [1.807, 2.05) is 45.0 Å². The molecule has 0 bridgehead atoms. The monoisotopic (exact) mass is 344 g/mol. The Morgan fingerprint density at radius 3 is 2.56 bits per heavy atom. The molecule has 6 nitrogen and oxygen atoms in total. The van der Waals surface area contributed by atoms with Gasteiger partial charge in [0.1, 0.15) is 5.60 Å². The van der Waals surface area contributed by atoms with E-state index in [1.54, 1.807) is 11.2 Å². The molecule has 0 saturated heterocycles. The molecule has 0 aliphatic rings. The van der Waals surface area contributed by atoms with E-state index in [-0.39, 0.29) is 0 Å². The summed E-state index contributed by atoms with van der Waals surface area (Å²) in [4.78, 5) is 21.2. The Bertz CT molecular complexity index is 697. The van der Waals surface area contributed by atoms with Gasteiger partial charge in [-0.1, -0.05) is 38.3 Å². The van der Waals surface area contributed by atoms with Gasteiger partial charge in [0.05, 0.1) is 17.2 Å². The number of ether oxygens (including phenoxy) is 1. The summed E-state index contributed by atoms with van der Waals surface area (Å²) in [6.07, 6.45) is 5.58. The molecule has 136 valence electrons. The van der Waals surface area contributed by atoms with Crippen LogP contribution in [0.4, 0.5) is 10.6 Å². The molecule has 1 N–H and O–H groups in total. The lowest BCUT2D eigenvalue weighted by atomic mass is 10.2. The predicted molar refractivity (Wildman–Crippen MR) is 100 cm³/mol. The average Bonchev–Trinajstić information content (AvgIpc) is 2.55. The lowest BCUT2D eigenvalue weighted by molar-refractivity contribution is 0.0520. The van der Waals surface area contributed by atoms with Crippen molar-refractivity contribution in [2.45, 2.75) is 59.0 Å². The molecule has 0 spiro atoms. The Morgan fingerprint density at radius 2 is 1.88 bits per heavy atom. The largest absolute Gasteiger partial charge is 0.443 e. The van der Waals surface area contributed by atoms with Crippen LogP contribution in [0.25, 0.3) is 11.0 Å². The molecular weight excluding hydrogens is 316 g/mol. The summed E-state index contributed by atoms with van der Waals surface area (Å²) in [5.41, 5.74) is 3.88. The summed E-state index contributed by atoms with van der Waals surface area (Å²) in [5, 5.41) is 1.73. The molecule has 1 aromatic heterocycles. The normalized spacial score (nSPS) is 11.4. The highest BCUT2D eigenvalue weighted by atomic mass is 16.6. The first-order valence-corrected chi connectivity index (χ1v) is 8.88. The molecule has 2 rings (SSSR count). The molecule has 2 aromatic rings. The van der Waals surface area contributed by atoms with Crippen molar-refractivity contribution in [3.63, 3.8) is 0 Å². The maximum Gasteiger partial charge on any atom is 0.426 e. The van der Waals surface area contributed by atoms with E-state index in [0.29, 0.717) is 12.4 Å². The van der Waals surface area contributed by atoms with Gasteiger partial charge >= 0.3 is 6.09 Å². The standard InChI is InChI=1S/C19H28N4O2/c1-5-6-7-10-13-23(22-18(24)25-19(2,3)4)17-14-20-15-11-8-9-12-16(15)21-17/h8-9,11-12,14H,5-7,10,13H2,1-4H3,(H,22,24). The Kier molecular flexibility index (Phi) is 6.56. The summed E-state index contributed by atoms with van der Waals surface area (Å²) in [5.74, 6) is 0.612. The quantitative estimate of drug-likeness (QED) is 0.593. The minimum Gasteiger partial charge on any atom is -0.443 e. The first-order valence-electron chi connectivity index (χ1n) is 8.88. The first-order chi connectivity index (χ1) is 11.9. The number of para-hydroxylation sites is 2. The summed E-state index contributed by atoms with van der Waals surface area (Å²) in [7, 11) is 0. The van der Waals surface area contributed by atoms with Crippen LogP contribution in [0.2, 0.25) is 0 Å². The van der Waals surface area contributed by atoms with Gasteiger partial charge in [0.25, 0.3) is 0 Å². The van der Waals surface area contributed by atoms with Crippen LogP contribution in [0.5, 0.6) is 0 Å². The maximum absolute atomic E-state index is 12.2. The summed E-state index contributed by atoms with van der Waals surface area (Å²) < 4.78 is 5.36. The highest BCUT2D eigenvalue weighted by molar-refractivity contribution is 5.76. The van der Waals surface area contributed by atoms with Crippen LogP contribution in [0, 0.1) is 0 Å². The SMILES string of the molecule is CCCCCCN(NC(=O)OC(C)(C)C)c1cnc2ccccc2n1. The van der Waals surface area contributed by atoms with Gasteiger partial charge in [-0.3, -0.25) is 9.99 Å². The number of nitrogens with one attached hydrogen (secondary N) is 1. The number of carbonyl (C=O) groups is 1. The minimum atomic E-state index is -0.549. The van der Waals surface area contributed by atoms with E-state index in [2.05, 4.69) is 22.3 Å². The number of benzene rings is 1. The van der Waals surface area contributed by atoms with E-state index in [9.17, 15) is 4.79 Å². The molecular formula is C19H28N4O2. The number of fused-ring (bicyclic) bond motifs is 1. The lowest BCUT2D eigenvalue weighted by Gasteiger charge is -2.26. The van der Waals surface area contributed by atoms with E-state index >= 15 is 0 Å². The molecule has 0 radical (unpaired) electrons. The van der Waals surface area contributed by atoms with Crippen molar-refractivity contribution in [3.8, 4) is 0 Å². The topological polar surface area (TPSA) is 67.4 Å². The Morgan fingerprint density at radius 1 is 1.16 bits per heavy atom. The lowest BCUT2D eigenvalue weighted by Crippen LogP contribution is -2.46. The number of hydrogen-bond acceptors (Lipinski definition) is 5. The number of hydrogen-bond donors (Lipinski definition) is 1. The van der Waals surface area contributed by atoms with Crippen molar-refractivity contribution >= 4 is 22.9 Å². The molecule has 0 unspecified atom stereocenters. The number of carbonyl (C=O) groups excluding carboxylic acids is 1. The van der Waals surface area contributed by atoms with Crippen LogP contribution in [-0.4, -0.2) is 28.2 Å². The predicted octanol–water partition coefficient (Wildman–Crippen LogP) is 4.46. The molecule has 6 heteroatoms. The van der Waals surface area contributed by atoms with E-state index < -0.39 is 11.7 Å². The zero-order valence-corrected chi connectivity index (χ0v) is 15.6. The second-order valence-corrected chi connectivity index (χ2v) is 7.04. The van der Waals surface area contributed by atoms with Gasteiger partial charge in [0.2, 0.25) is 0 Å². The van der Waals surface area contributed by atoms with Crippen molar-refractivity contribution in [1.29, 1.82) is 0 Å². The van der Waals surface area contributed by atoms with Gasteiger partial charge in [0.15, 0.2) is 5.82 Å². The Balaban J connectivity index is 2.15. The summed E-state index contributed by atoms with van der Waals surface area (Å²) in [6.45, 7) is 8.35. The number of aromatic nitrogens is 2. The van der Waals surface area contributed by atoms with Crippen LogP contribution >= 0.6 is 0 Å². The van der Waals surface area contributed by atoms with Crippen LogP contribution in [-0.2, 0) is 4.74 Å². The van der Waals surface area contributed by atoms with Gasteiger partial charge in [0, 0.05) is 6.54 Å². The fraction of sp³-hybridized carbons (Fsp3) is 0.526. The average molecular weight is 344 g/mol. The summed E-state index contributed by atoms with van der Waals surface area (Å²) >= 11 is 0. The van der Waals surface area contributed by atoms with Crippen LogP contribution in [0.15, 0.2) is 30.5 Å². The third-order valence-electron chi connectivity index (χ3n) is 3.57. The second kappa shape index (κ2) is 8.65. The molecule has 1 heterocycles. The maximum atomic E-state index is 12.2. The number of amides is 1. The van der Waals surface area contributed by atoms with Gasteiger partial charge in [-0.15, -0.1) is 0 Å². The molecule has 0 atom stereocenters. The fourth-order valence-corrected chi connectivity index (χ4v) is 2.41. The molecule has 0 aliphatic heterocycles. The third-order valence-corrected chi connectivity index (χ3v) is 3.57. The van der Waals surface area contributed by atoms with Gasteiger partial charge in [-0.2, -0.15) is 0 Å². The number of nitrogens with zero attached hydrogens (tertiary/aromatic N) is 3. The molecule has 0 aliphatic carbocycles. The van der Waals surface area contributed by atoms with E-state index in [1.165, 1.54) is 6.42 Å². The smallest absolute Gasteiger partial charge is 0.426 e. The highest BCUT2D eigenvalue weighted by Crippen LogP contribution is 2.16. The van der Waals surface area contributed by atoms with Gasteiger partial charge in [-0.25, -0.2) is 15.2 Å².